The molecule has 0 aromatic heterocycles. The van der Waals surface area contributed by atoms with E-state index in [9.17, 15) is 9.59 Å². The summed E-state index contributed by atoms with van der Waals surface area (Å²) in [5, 5.41) is 3.18. The first-order chi connectivity index (χ1) is 7.75. The van der Waals surface area contributed by atoms with E-state index in [2.05, 4.69) is 5.32 Å². The number of methoxy groups -OCH3 is 1. The van der Waals surface area contributed by atoms with Crippen molar-refractivity contribution in [2.75, 3.05) is 33.4 Å². The summed E-state index contributed by atoms with van der Waals surface area (Å²) in [5.74, 6) is -0.0405. The zero-order chi connectivity index (χ0) is 11.8. The van der Waals surface area contributed by atoms with Gasteiger partial charge in [0.05, 0.1) is 6.61 Å². The number of amides is 2. The molecule has 0 aliphatic carbocycles. The summed E-state index contributed by atoms with van der Waals surface area (Å²) in [6.07, 6.45) is 2.55. The molecule has 1 N–H and O–H groups in total. The van der Waals surface area contributed by atoms with Crippen molar-refractivity contribution in [1.82, 2.24) is 10.2 Å². The van der Waals surface area contributed by atoms with Gasteiger partial charge in [0.25, 0.3) is 0 Å². The molecule has 0 spiro atoms. The van der Waals surface area contributed by atoms with Gasteiger partial charge in [-0.2, -0.15) is 0 Å². The SMILES string of the molecule is COCCNCCCN1C(=O)CCCC1=O. The maximum Gasteiger partial charge on any atom is 0.229 e. The van der Waals surface area contributed by atoms with Gasteiger partial charge in [0, 0.05) is 33.0 Å². The summed E-state index contributed by atoms with van der Waals surface area (Å²) < 4.78 is 4.89. The van der Waals surface area contributed by atoms with Crippen molar-refractivity contribution in [2.24, 2.45) is 0 Å². The van der Waals surface area contributed by atoms with Crippen LogP contribution in [0.2, 0.25) is 0 Å². The molecule has 1 rings (SSSR count). The number of imide groups is 1. The lowest BCUT2D eigenvalue weighted by Gasteiger charge is -2.24. The van der Waals surface area contributed by atoms with Crippen LogP contribution in [0.3, 0.4) is 0 Å². The monoisotopic (exact) mass is 228 g/mol. The number of rotatable bonds is 7. The molecule has 5 nitrogen and oxygen atoms in total. The van der Waals surface area contributed by atoms with Crippen LogP contribution in [0.15, 0.2) is 0 Å². The first-order valence-corrected chi connectivity index (χ1v) is 5.78. The van der Waals surface area contributed by atoms with Gasteiger partial charge >= 0.3 is 0 Å². The first-order valence-electron chi connectivity index (χ1n) is 5.78. The number of hydrogen-bond acceptors (Lipinski definition) is 4. The van der Waals surface area contributed by atoms with Crippen molar-refractivity contribution in [3.8, 4) is 0 Å². The van der Waals surface area contributed by atoms with Crippen LogP contribution >= 0.6 is 0 Å². The molecular formula is C11H20N2O3. The minimum absolute atomic E-state index is 0.0202. The summed E-state index contributed by atoms with van der Waals surface area (Å²) in [6.45, 7) is 2.83. The Morgan fingerprint density at radius 1 is 1.25 bits per heavy atom. The second kappa shape index (κ2) is 7.35. The van der Waals surface area contributed by atoms with Crippen LogP contribution in [-0.4, -0.2) is 50.1 Å². The third-order valence-electron chi connectivity index (χ3n) is 2.60. The van der Waals surface area contributed by atoms with E-state index in [1.54, 1.807) is 7.11 Å². The molecule has 1 aliphatic heterocycles. The highest BCUT2D eigenvalue weighted by Crippen LogP contribution is 2.11. The molecule has 0 saturated carbocycles. The van der Waals surface area contributed by atoms with Crippen molar-refractivity contribution >= 4 is 11.8 Å². The molecule has 1 heterocycles. The molecule has 0 unspecified atom stereocenters. The number of carbonyl (C=O) groups excluding carboxylic acids is 2. The highest BCUT2D eigenvalue weighted by Gasteiger charge is 2.24. The molecule has 0 atom stereocenters. The Kier molecular flexibility index (Phi) is 6.03. The lowest BCUT2D eigenvalue weighted by molar-refractivity contribution is -0.147. The third kappa shape index (κ3) is 4.28. The van der Waals surface area contributed by atoms with Gasteiger partial charge in [-0.1, -0.05) is 0 Å². The van der Waals surface area contributed by atoms with Gasteiger partial charge in [0.1, 0.15) is 0 Å². The Morgan fingerprint density at radius 2 is 1.94 bits per heavy atom. The zero-order valence-corrected chi connectivity index (χ0v) is 9.83. The normalized spacial score (nSPS) is 16.9. The van der Waals surface area contributed by atoms with Gasteiger partial charge in [-0.3, -0.25) is 14.5 Å². The highest BCUT2D eigenvalue weighted by molar-refractivity contribution is 5.97. The molecule has 5 heteroatoms. The van der Waals surface area contributed by atoms with Crippen LogP contribution in [0.1, 0.15) is 25.7 Å². The molecule has 0 aromatic carbocycles. The van der Waals surface area contributed by atoms with E-state index in [0.29, 0.717) is 32.4 Å². The number of hydrogen-bond donors (Lipinski definition) is 1. The average Bonchev–Trinajstić information content (AvgIpc) is 2.26. The van der Waals surface area contributed by atoms with Gasteiger partial charge in [0.2, 0.25) is 11.8 Å². The number of nitrogens with zero attached hydrogens (tertiary/aromatic N) is 1. The Hall–Kier alpha value is -0.940. The summed E-state index contributed by atoms with van der Waals surface area (Å²) in [5.41, 5.74) is 0. The van der Waals surface area contributed by atoms with Gasteiger partial charge in [-0.05, 0) is 19.4 Å². The summed E-state index contributed by atoms with van der Waals surface area (Å²) in [4.78, 5) is 24.3. The van der Waals surface area contributed by atoms with Crippen molar-refractivity contribution in [3.05, 3.63) is 0 Å². The van der Waals surface area contributed by atoms with E-state index in [1.807, 2.05) is 0 Å². The van der Waals surface area contributed by atoms with Crippen molar-refractivity contribution in [3.63, 3.8) is 0 Å². The lowest BCUT2D eigenvalue weighted by Crippen LogP contribution is -2.41. The smallest absolute Gasteiger partial charge is 0.229 e. The Bertz CT molecular complexity index is 227. The fourth-order valence-corrected chi connectivity index (χ4v) is 1.71. The molecule has 1 saturated heterocycles. The Balaban J connectivity index is 2.11. The Labute approximate surface area is 96.1 Å². The van der Waals surface area contributed by atoms with E-state index >= 15 is 0 Å². The van der Waals surface area contributed by atoms with Crippen molar-refractivity contribution in [2.45, 2.75) is 25.7 Å². The van der Waals surface area contributed by atoms with Crippen LogP contribution in [0.4, 0.5) is 0 Å². The summed E-state index contributed by atoms with van der Waals surface area (Å²) in [6, 6.07) is 0. The molecule has 1 aliphatic rings. The largest absolute Gasteiger partial charge is 0.383 e. The molecule has 16 heavy (non-hydrogen) atoms. The van der Waals surface area contributed by atoms with Gasteiger partial charge in [-0.25, -0.2) is 0 Å². The minimum atomic E-state index is -0.0202. The van der Waals surface area contributed by atoms with E-state index in [4.69, 9.17) is 4.74 Å². The van der Waals surface area contributed by atoms with Crippen molar-refractivity contribution in [1.29, 1.82) is 0 Å². The zero-order valence-electron chi connectivity index (χ0n) is 9.83. The summed E-state index contributed by atoms with van der Waals surface area (Å²) in [7, 11) is 1.66. The number of nitrogens with one attached hydrogen (secondary N) is 1. The number of carbonyl (C=O) groups is 2. The van der Waals surface area contributed by atoms with Gasteiger partial charge < -0.3 is 10.1 Å². The van der Waals surface area contributed by atoms with Crippen molar-refractivity contribution < 1.29 is 14.3 Å². The van der Waals surface area contributed by atoms with E-state index in [-0.39, 0.29) is 11.8 Å². The first kappa shape index (κ1) is 13.1. The second-order valence-corrected chi connectivity index (χ2v) is 3.89. The molecular weight excluding hydrogens is 208 g/mol. The van der Waals surface area contributed by atoms with Gasteiger partial charge in [-0.15, -0.1) is 0 Å². The fourth-order valence-electron chi connectivity index (χ4n) is 1.71. The summed E-state index contributed by atoms with van der Waals surface area (Å²) >= 11 is 0. The predicted octanol–water partition coefficient (Wildman–Crippen LogP) is 0.152. The standard InChI is InChI=1S/C11H20N2O3/c1-16-9-7-12-6-3-8-13-10(14)4-2-5-11(13)15/h12H,2-9H2,1H3. The van der Waals surface area contributed by atoms with Crippen LogP contribution in [0, 0.1) is 0 Å². The van der Waals surface area contributed by atoms with Crippen LogP contribution in [0.5, 0.6) is 0 Å². The molecule has 0 radical (unpaired) electrons. The van der Waals surface area contributed by atoms with E-state index < -0.39 is 0 Å². The molecule has 1 fully saturated rings. The maximum absolute atomic E-state index is 11.4. The predicted molar refractivity (Wildman–Crippen MR) is 59.9 cm³/mol. The van der Waals surface area contributed by atoms with Crippen LogP contribution in [0.25, 0.3) is 0 Å². The quantitative estimate of drug-likeness (QED) is 0.498. The molecule has 92 valence electrons. The van der Waals surface area contributed by atoms with E-state index in [1.165, 1.54) is 4.90 Å². The van der Waals surface area contributed by atoms with Crippen LogP contribution < -0.4 is 5.32 Å². The fraction of sp³-hybridized carbons (Fsp3) is 0.818. The third-order valence-corrected chi connectivity index (χ3v) is 2.60. The number of ether oxygens (including phenoxy) is 1. The van der Waals surface area contributed by atoms with E-state index in [0.717, 1.165) is 19.5 Å². The second-order valence-electron chi connectivity index (χ2n) is 3.89. The Morgan fingerprint density at radius 3 is 2.56 bits per heavy atom. The average molecular weight is 228 g/mol. The molecule has 2 amide bonds. The number of likely N-dealkylation sites (tertiary alicyclic amines) is 1. The topological polar surface area (TPSA) is 58.6 Å². The highest BCUT2D eigenvalue weighted by atomic mass is 16.5. The maximum atomic E-state index is 11.4. The number of piperidine rings is 1. The molecule has 0 aromatic rings. The lowest BCUT2D eigenvalue weighted by atomic mass is 10.1. The van der Waals surface area contributed by atoms with Crippen LogP contribution in [-0.2, 0) is 14.3 Å². The van der Waals surface area contributed by atoms with Gasteiger partial charge in [0.15, 0.2) is 0 Å². The molecule has 0 bridgehead atoms. The minimum Gasteiger partial charge on any atom is -0.383 e.